The third kappa shape index (κ3) is 1.36. The number of hydrogen-bond donors (Lipinski definition) is 0. The van der Waals surface area contributed by atoms with E-state index >= 15 is 0 Å². The Balaban J connectivity index is 1.73. The summed E-state index contributed by atoms with van der Waals surface area (Å²) in [7, 11) is 0. The van der Waals surface area contributed by atoms with Crippen molar-refractivity contribution in [1.29, 1.82) is 0 Å². The monoisotopic (exact) mass is 296 g/mol. The van der Waals surface area contributed by atoms with E-state index < -0.39 is 0 Å². The molecule has 20 heavy (non-hydrogen) atoms. The molecule has 0 spiro atoms. The van der Waals surface area contributed by atoms with E-state index in [-0.39, 0.29) is 0 Å². The van der Waals surface area contributed by atoms with Crippen molar-refractivity contribution in [3.63, 3.8) is 0 Å². The lowest BCUT2D eigenvalue weighted by Crippen LogP contribution is -2.47. The number of thioether (sulfide) groups is 1. The van der Waals surface area contributed by atoms with Gasteiger partial charge in [0.05, 0.1) is 10.4 Å². The Hall–Kier alpha value is -1.85. The molecule has 0 fully saturated rings. The topological polar surface area (TPSA) is 19.5 Å². The van der Waals surface area contributed by atoms with Crippen molar-refractivity contribution in [1.82, 2.24) is 0 Å². The summed E-state index contributed by atoms with van der Waals surface area (Å²) in [5, 5.41) is 2.19. The Morgan fingerprint density at radius 1 is 1.05 bits per heavy atom. The van der Waals surface area contributed by atoms with E-state index in [2.05, 4.69) is 58.0 Å². The number of hydrogen-bond acceptors (Lipinski definition) is 4. The maximum Gasteiger partial charge on any atom is 0.387 e. The molecule has 0 amide bonds. The van der Waals surface area contributed by atoms with Gasteiger partial charge in [0.1, 0.15) is 5.52 Å². The standard InChI is InChI=1S/C15H10N3S2/c1-3-7-12-10(5-1)17-9-18-11-6-2-4-8-13(11)20-15(18)16-14(17)19-12/h1-8H,9H2/q+1. The quantitative estimate of drug-likeness (QED) is 0.588. The molecule has 0 unspecified atom stereocenters. The van der Waals surface area contributed by atoms with Crippen LogP contribution in [0.2, 0.25) is 0 Å². The molecule has 0 atom stereocenters. The first-order chi connectivity index (χ1) is 9.90. The Labute approximate surface area is 124 Å². The second kappa shape index (κ2) is 3.84. The van der Waals surface area contributed by atoms with E-state index in [1.165, 1.54) is 20.8 Å². The highest BCUT2D eigenvalue weighted by atomic mass is 32.2. The molecule has 0 bridgehead atoms. The largest absolute Gasteiger partial charge is 0.387 e. The summed E-state index contributed by atoms with van der Waals surface area (Å²) in [4.78, 5) is 8.44. The molecule has 1 aromatic heterocycles. The SMILES string of the molecule is c1ccc2c(c1)SC1=Nc3sc4ccccc4[n+]3CN12. The average Bonchev–Trinajstić information content (AvgIpc) is 3.02. The van der Waals surface area contributed by atoms with Crippen LogP contribution in [-0.4, -0.2) is 5.17 Å². The summed E-state index contributed by atoms with van der Waals surface area (Å²) in [5.41, 5.74) is 2.54. The zero-order valence-electron chi connectivity index (χ0n) is 10.5. The smallest absolute Gasteiger partial charge is 0.261 e. The van der Waals surface area contributed by atoms with Gasteiger partial charge in [0.2, 0.25) is 0 Å². The highest BCUT2D eigenvalue weighted by Crippen LogP contribution is 2.43. The number of anilines is 1. The maximum absolute atomic E-state index is 4.85. The van der Waals surface area contributed by atoms with Gasteiger partial charge >= 0.3 is 5.13 Å². The number of nitrogens with zero attached hydrogens (tertiary/aromatic N) is 3. The molecule has 2 aromatic carbocycles. The number of rotatable bonds is 0. The molecule has 3 nitrogen and oxygen atoms in total. The average molecular weight is 296 g/mol. The van der Waals surface area contributed by atoms with Crippen LogP contribution in [0.3, 0.4) is 0 Å². The molecule has 3 heterocycles. The molecular formula is C15H10N3S2+. The third-order valence-electron chi connectivity index (χ3n) is 3.65. The zero-order valence-corrected chi connectivity index (χ0v) is 12.1. The third-order valence-corrected chi connectivity index (χ3v) is 5.77. The second-order valence-corrected chi connectivity index (χ2v) is 6.83. The number of benzene rings is 2. The molecular weight excluding hydrogens is 286 g/mol. The Morgan fingerprint density at radius 2 is 1.90 bits per heavy atom. The maximum atomic E-state index is 4.85. The molecule has 5 rings (SSSR count). The van der Waals surface area contributed by atoms with Gasteiger partial charge in [0.25, 0.3) is 5.17 Å². The molecule has 0 saturated carbocycles. The number of thiazole rings is 1. The van der Waals surface area contributed by atoms with Gasteiger partial charge in [-0.1, -0.05) is 24.3 Å². The fraction of sp³-hybridized carbons (Fsp3) is 0.0667. The normalized spacial score (nSPS) is 15.8. The molecule has 2 aliphatic heterocycles. The fourth-order valence-corrected chi connectivity index (χ4v) is 4.82. The summed E-state index contributed by atoms with van der Waals surface area (Å²) in [6.07, 6.45) is 0. The first kappa shape index (κ1) is 10.9. The van der Waals surface area contributed by atoms with Gasteiger partial charge in [-0.05, 0) is 52.4 Å². The highest BCUT2D eigenvalue weighted by Gasteiger charge is 2.37. The Kier molecular flexibility index (Phi) is 2.09. The van der Waals surface area contributed by atoms with Crippen molar-refractivity contribution in [3.05, 3.63) is 48.5 Å². The van der Waals surface area contributed by atoms with E-state index in [1.54, 1.807) is 23.1 Å². The van der Waals surface area contributed by atoms with Crippen LogP contribution >= 0.6 is 23.1 Å². The minimum atomic E-state index is 0.849. The van der Waals surface area contributed by atoms with Gasteiger partial charge < -0.3 is 0 Å². The lowest BCUT2D eigenvalue weighted by molar-refractivity contribution is -0.653. The minimum Gasteiger partial charge on any atom is -0.261 e. The molecule has 3 aromatic rings. The van der Waals surface area contributed by atoms with Crippen LogP contribution in [0, 0.1) is 0 Å². The summed E-state index contributed by atoms with van der Waals surface area (Å²) < 4.78 is 3.60. The van der Waals surface area contributed by atoms with Crippen LogP contribution in [0.15, 0.2) is 58.4 Å². The van der Waals surface area contributed by atoms with E-state index in [9.17, 15) is 0 Å². The van der Waals surface area contributed by atoms with Gasteiger partial charge in [0.15, 0.2) is 6.67 Å². The molecule has 5 heteroatoms. The Morgan fingerprint density at radius 3 is 2.90 bits per heavy atom. The summed E-state index contributed by atoms with van der Waals surface area (Å²) in [5.74, 6) is 0. The van der Waals surface area contributed by atoms with Crippen molar-refractivity contribution in [2.75, 3.05) is 4.90 Å². The van der Waals surface area contributed by atoms with E-state index in [1.807, 2.05) is 0 Å². The van der Waals surface area contributed by atoms with Crippen LogP contribution in [-0.2, 0) is 6.67 Å². The lowest BCUT2D eigenvalue weighted by atomic mass is 10.3. The first-order valence-electron chi connectivity index (χ1n) is 6.45. The van der Waals surface area contributed by atoms with Crippen LogP contribution in [0.4, 0.5) is 10.8 Å². The van der Waals surface area contributed by atoms with E-state index in [0.717, 1.165) is 17.0 Å². The first-order valence-corrected chi connectivity index (χ1v) is 8.08. The van der Waals surface area contributed by atoms with Crippen LogP contribution in [0.25, 0.3) is 10.2 Å². The van der Waals surface area contributed by atoms with Crippen molar-refractivity contribution in [2.24, 2.45) is 4.99 Å². The van der Waals surface area contributed by atoms with Gasteiger partial charge in [-0.2, -0.15) is 4.57 Å². The molecule has 96 valence electrons. The predicted octanol–water partition coefficient (Wildman–Crippen LogP) is 3.76. The molecule has 2 aliphatic rings. The highest BCUT2D eigenvalue weighted by molar-refractivity contribution is 8.14. The number of aromatic nitrogens is 1. The number of amidine groups is 1. The predicted molar refractivity (Wildman–Crippen MR) is 83.9 cm³/mol. The second-order valence-electron chi connectivity index (χ2n) is 4.81. The summed E-state index contributed by atoms with van der Waals surface area (Å²) >= 11 is 3.53. The number of aliphatic imine (C=N–C) groups is 1. The van der Waals surface area contributed by atoms with Crippen molar-refractivity contribution in [3.8, 4) is 0 Å². The van der Waals surface area contributed by atoms with Gasteiger partial charge in [-0.3, -0.25) is 4.90 Å². The van der Waals surface area contributed by atoms with E-state index in [0.29, 0.717) is 0 Å². The van der Waals surface area contributed by atoms with Gasteiger partial charge in [-0.15, -0.1) is 0 Å². The lowest BCUT2D eigenvalue weighted by Gasteiger charge is -2.17. The molecule has 0 aliphatic carbocycles. The molecule has 0 saturated heterocycles. The number of fused-ring (bicyclic) bond motifs is 6. The summed E-state index contributed by atoms with van der Waals surface area (Å²) in [6, 6.07) is 17.0. The van der Waals surface area contributed by atoms with E-state index in [4.69, 9.17) is 4.99 Å². The van der Waals surface area contributed by atoms with Crippen LogP contribution < -0.4 is 9.47 Å². The van der Waals surface area contributed by atoms with Crippen molar-refractivity contribution < 1.29 is 4.57 Å². The van der Waals surface area contributed by atoms with Crippen LogP contribution in [0.1, 0.15) is 0 Å². The molecule has 0 N–H and O–H groups in total. The molecule has 0 radical (unpaired) electrons. The van der Waals surface area contributed by atoms with Crippen molar-refractivity contribution >= 4 is 49.3 Å². The van der Waals surface area contributed by atoms with Gasteiger partial charge in [0, 0.05) is 4.90 Å². The Bertz CT molecular complexity index is 882. The summed E-state index contributed by atoms with van der Waals surface area (Å²) in [6.45, 7) is 0.849. The minimum absolute atomic E-state index is 0.849. The number of para-hydroxylation sites is 2. The van der Waals surface area contributed by atoms with Crippen molar-refractivity contribution in [2.45, 2.75) is 11.6 Å². The van der Waals surface area contributed by atoms with Gasteiger partial charge in [-0.25, -0.2) is 0 Å². The van der Waals surface area contributed by atoms with Crippen LogP contribution in [0.5, 0.6) is 0 Å². The zero-order chi connectivity index (χ0) is 13.1. The fourth-order valence-electron chi connectivity index (χ4n) is 2.71.